The fraction of sp³-hybridized carbons (Fsp3) is 0.818. The van der Waals surface area contributed by atoms with Crippen molar-refractivity contribution in [2.45, 2.75) is 13.8 Å². The second-order valence-electron chi connectivity index (χ2n) is 4.48. The third kappa shape index (κ3) is 3.48. The smallest absolute Gasteiger partial charge is 0.396 e. The number of amides is 1. The number of piperazine rings is 1. The van der Waals surface area contributed by atoms with Crippen LogP contribution >= 0.6 is 0 Å². The summed E-state index contributed by atoms with van der Waals surface area (Å²) in [7, 11) is 1.23. The average Bonchev–Trinajstić information content (AvgIpc) is 2.27. The molecule has 1 fully saturated rings. The number of hydrogen-bond acceptors (Lipinski definition) is 4. The van der Waals surface area contributed by atoms with Gasteiger partial charge in [0.15, 0.2) is 0 Å². The van der Waals surface area contributed by atoms with Crippen LogP contribution < -0.4 is 0 Å². The Hall–Kier alpha value is -1.10. The summed E-state index contributed by atoms with van der Waals surface area (Å²) in [5.74, 6) is -0.660. The highest BCUT2D eigenvalue weighted by molar-refractivity contribution is 6.32. The minimum Gasteiger partial charge on any atom is -0.462 e. The quantitative estimate of drug-likeness (QED) is 0.491. The van der Waals surface area contributed by atoms with E-state index < -0.39 is 11.9 Å². The molecule has 5 nitrogen and oxygen atoms in total. The summed E-state index contributed by atoms with van der Waals surface area (Å²) in [4.78, 5) is 26.4. The van der Waals surface area contributed by atoms with Crippen molar-refractivity contribution < 1.29 is 14.3 Å². The highest BCUT2D eigenvalue weighted by Gasteiger charge is 2.26. The molecular weight excluding hydrogens is 208 g/mol. The molecule has 0 aromatic rings. The molecule has 1 aliphatic heterocycles. The van der Waals surface area contributed by atoms with Crippen LogP contribution in [-0.2, 0) is 14.3 Å². The van der Waals surface area contributed by atoms with Gasteiger partial charge in [0.2, 0.25) is 0 Å². The Morgan fingerprint density at radius 3 is 2.19 bits per heavy atom. The van der Waals surface area contributed by atoms with Gasteiger partial charge in [-0.3, -0.25) is 9.69 Å². The van der Waals surface area contributed by atoms with Crippen LogP contribution in [0, 0.1) is 5.92 Å². The van der Waals surface area contributed by atoms with Gasteiger partial charge in [-0.05, 0) is 5.92 Å². The number of esters is 1. The van der Waals surface area contributed by atoms with Crippen LogP contribution in [0.15, 0.2) is 0 Å². The summed E-state index contributed by atoms with van der Waals surface area (Å²) in [6.45, 7) is 8.28. The Labute approximate surface area is 96.3 Å². The van der Waals surface area contributed by atoms with E-state index in [1.165, 1.54) is 7.11 Å². The first-order valence-electron chi connectivity index (χ1n) is 5.64. The molecular formula is C11H20N2O3. The van der Waals surface area contributed by atoms with Crippen molar-refractivity contribution in [2.75, 3.05) is 39.8 Å². The van der Waals surface area contributed by atoms with Gasteiger partial charge in [0.25, 0.3) is 0 Å². The Morgan fingerprint density at radius 1 is 1.19 bits per heavy atom. The number of ether oxygens (including phenoxy) is 1. The zero-order valence-corrected chi connectivity index (χ0v) is 10.2. The molecule has 0 aliphatic carbocycles. The van der Waals surface area contributed by atoms with E-state index >= 15 is 0 Å². The molecule has 16 heavy (non-hydrogen) atoms. The van der Waals surface area contributed by atoms with Crippen molar-refractivity contribution >= 4 is 11.9 Å². The van der Waals surface area contributed by atoms with Gasteiger partial charge in [0.1, 0.15) is 0 Å². The fourth-order valence-corrected chi connectivity index (χ4v) is 1.87. The second kappa shape index (κ2) is 5.84. The molecule has 1 heterocycles. The SMILES string of the molecule is COC(=O)C(=O)N1CCN(CC(C)C)CC1. The monoisotopic (exact) mass is 228 g/mol. The van der Waals surface area contributed by atoms with Crippen LogP contribution in [0.2, 0.25) is 0 Å². The van der Waals surface area contributed by atoms with E-state index in [1.807, 2.05) is 0 Å². The number of rotatable bonds is 2. The maximum Gasteiger partial charge on any atom is 0.396 e. The van der Waals surface area contributed by atoms with Gasteiger partial charge in [-0.2, -0.15) is 0 Å². The molecule has 0 saturated carbocycles. The highest BCUT2D eigenvalue weighted by Crippen LogP contribution is 2.05. The van der Waals surface area contributed by atoms with Gasteiger partial charge in [-0.25, -0.2) is 4.79 Å². The zero-order valence-electron chi connectivity index (χ0n) is 10.2. The van der Waals surface area contributed by atoms with E-state index in [0.29, 0.717) is 19.0 Å². The van der Waals surface area contributed by atoms with Gasteiger partial charge in [-0.1, -0.05) is 13.8 Å². The predicted molar refractivity (Wildman–Crippen MR) is 59.9 cm³/mol. The molecule has 0 N–H and O–H groups in total. The number of carbonyl (C=O) groups excluding carboxylic acids is 2. The molecule has 92 valence electrons. The zero-order chi connectivity index (χ0) is 12.1. The summed E-state index contributed by atoms with van der Waals surface area (Å²) >= 11 is 0. The normalized spacial score (nSPS) is 17.6. The largest absolute Gasteiger partial charge is 0.462 e. The molecule has 0 aromatic carbocycles. The number of hydrogen-bond donors (Lipinski definition) is 0. The van der Waals surface area contributed by atoms with Crippen molar-refractivity contribution in [3.05, 3.63) is 0 Å². The second-order valence-corrected chi connectivity index (χ2v) is 4.48. The van der Waals surface area contributed by atoms with Crippen LogP contribution in [0.25, 0.3) is 0 Å². The van der Waals surface area contributed by atoms with Crippen LogP contribution in [0.1, 0.15) is 13.8 Å². The number of nitrogens with zero attached hydrogens (tertiary/aromatic N) is 2. The Kier molecular flexibility index (Phi) is 4.73. The van der Waals surface area contributed by atoms with Crippen LogP contribution in [0.5, 0.6) is 0 Å². The molecule has 1 aliphatic rings. The van der Waals surface area contributed by atoms with Gasteiger partial charge in [-0.15, -0.1) is 0 Å². The number of methoxy groups -OCH3 is 1. The summed E-state index contributed by atoms with van der Waals surface area (Å²) < 4.78 is 4.41. The van der Waals surface area contributed by atoms with Gasteiger partial charge >= 0.3 is 11.9 Å². The molecule has 5 heteroatoms. The molecule has 1 saturated heterocycles. The minimum atomic E-state index is -0.766. The average molecular weight is 228 g/mol. The van der Waals surface area contributed by atoms with Crippen molar-refractivity contribution in [1.82, 2.24) is 9.80 Å². The van der Waals surface area contributed by atoms with Gasteiger partial charge in [0, 0.05) is 32.7 Å². The van der Waals surface area contributed by atoms with E-state index in [-0.39, 0.29) is 0 Å². The summed E-state index contributed by atoms with van der Waals surface area (Å²) in [5, 5.41) is 0. The van der Waals surface area contributed by atoms with E-state index in [2.05, 4.69) is 23.5 Å². The third-order valence-corrected chi connectivity index (χ3v) is 2.64. The minimum absolute atomic E-state index is 0.522. The summed E-state index contributed by atoms with van der Waals surface area (Å²) in [6, 6.07) is 0. The van der Waals surface area contributed by atoms with Gasteiger partial charge in [0.05, 0.1) is 7.11 Å². The van der Waals surface area contributed by atoms with E-state index in [9.17, 15) is 9.59 Å². The van der Waals surface area contributed by atoms with Crippen LogP contribution in [0.4, 0.5) is 0 Å². The lowest BCUT2D eigenvalue weighted by molar-refractivity contribution is -0.159. The topological polar surface area (TPSA) is 49.9 Å². The van der Waals surface area contributed by atoms with Crippen molar-refractivity contribution in [3.8, 4) is 0 Å². The standard InChI is InChI=1S/C11H20N2O3/c1-9(2)8-12-4-6-13(7-5-12)10(14)11(15)16-3/h9H,4-8H2,1-3H3. The summed E-state index contributed by atoms with van der Waals surface area (Å²) in [6.07, 6.45) is 0. The first-order chi connectivity index (χ1) is 7.54. The Bertz CT molecular complexity index is 258. The van der Waals surface area contributed by atoms with Crippen LogP contribution in [0.3, 0.4) is 0 Å². The lowest BCUT2D eigenvalue weighted by Crippen LogP contribution is -2.51. The lowest BCUT2D eigenvalue weighted by Gasteiger charge is -2.34. The van der Waals surface area contributed by atoms with Crippen LogP contribution in [-0.4, -0.2) is 61.5 Å². The Morgan fingerprint density at radius 2 is 1.75 bits per heavy atom. The maximum absolute atomic E-state index is 11.5. The Balaban J connectivity index is 2.37. The van der Waals surface area contributed by atoms with Gasteiger partial charge < -0.3 is 9.64 Å². The lowest BCUT2D eigenvalue weighted by atomic mass is 10.2. The molecule has 0 bridgehead atoms. The number of carbonyl (C=O) groups is 2. The predicted octanol–water partition coefficient (Wildman–Crippen LogP) is -0.0404. The first-order valence-corrected chi connectivity index (χ1v) is 5.64. The fourth-order valence-electron chi connectivity index (χ4n) is 1.87. The molecule has 0 radical (unpaired) electrons. The maximum atomic E-state index is 11.5. The van der Waals surface area contributed by atoms with E-state index in [1.54, 1.807) is 4.90 Å². The van der Waals surface area contributed by atoms with E-state index in [0.717, 1.165) is 19.6 Å². The molecule has 1 amide bonds. The highest BCUT2D eigenvalue weighted by atomic mass is 16.5. The molecule has 0 spiro atoms. The molecule has 1 rings (SSSR count). The van der Waals surface area contributed by atoms with Crippen molar-refractivity contribution in [2.24, 2.45) is 5.92 Å². The molecule has 0 aromatic heterocycles. The molecule has 0 atom stereocenters. The third-order valence-electron chi connectivity index (χ3n) is 2.64. The summed E-state index contributed by atoms with van der Waals surface area (Å²) in [5.41, 5.74) is 0. The first kappa shape index (κ1) is 13.0. The molecule has 0 unspecified atom stereocenters. The van der Waals surface area contributed by atoms with Crippen molar-refractivity contribution in [3.63, 3.8) is 0 Å². The van der Waals surface area contributed by atoms with Crippen molar-refractivity contribution in [1.29, 1.82) is 0 Å². The van der Waals surface area contributed by atoms with E-state index in [4.69, 9.17) is 0 Å².